The zero-order chi connectivity index (χ0) is 20.8. The molecule has 1 aromatic heterocycles. The molecule has 156 valence electrons. The minimum atomic E-state index is 0.0637. The van der Waals surface area contributed by atoms with Gasteiger partial charge in [-0.3, -0.25) is 9.36 Å². The first-order valence-electron chi connectivity index (χ1n) is 10.4. The Morgan fingerprint density at radius 2 is 1.77 bits per heavy atom. The summed E-state index contributed by atoms with van der Waals surface area (Å²) in [6.07, 6.45) is 6.48. The molecule has 0 saturated heterocycles. The number of hydrogen-bond acceptors (Lipinski definition) is 4. The summed E-state index contributed by atoms with van der Waals surface area (Å²) in [5.74, 6) is 1.23. The third kappa shape index (κ3) is 5.43. The van der Waals surface area contributed by atoms with Gasteiger partial charge in [0.15, 0.2) is 5.16 Å². The Bertz CT molecular complexity index is 969. The number of nitrogens with one attached hydrogen (secondary N) is 1. The van der Waals surface area contributed by atoms with E-state index in [9.17, 15) is 4.79 Å². The van der Waals surface area contributed by atoms with E-state index >= 15 is 0 Å². The van der Waals surface area contributed by atoms with Crippen molar-refractivity contribution in [3.8, 4) is 5.69 Å². The number of aromatic nitrogens is 3. The quantitative estimate of drug-likeness (QED) is 0.522. The van der Waals surface area contributed by atoms with Crippen molar-refractivity contribution in [2.24, 2.45) is 0 Å². The highest BCUT2D eigenvalue weighted by Crippen LogP contribution is 2.24. The predicted octanol–water partition coefficient (Wildman–Crippen LogP) is 5.05. The van der Waals surface area contributed by atoms with Crippen LogP contribution >= 0.6 is 23.4 Å². The Balaban J connectivity index is 1.50. The lowest BCUT2D eigenvalue weighted by molar-refractivity contribution is -0.119. The molecule has 1 fully saturated rings. The Morgan fingerprint density at radius 1 is 1.03 bits per heavy atom. The van der Waals surface area contributed by atoms with Crippen LogP contribution in [-0.4, -0.2) is 32.5 Å². The zero-order valence-corrected chi connectivity index (χ0v) is 18.3. The van der Waals surface area contributed by atoms with Crippen LogP contribution in [0.1, 0.15) is 43.5 Å². The number of amides is 1. The van der Waals surface area contributed by atoms with Crippen molar-refractivity contribution < 1.29 is 4.79 Å². The van der Waals surface area contributed by atoms with Gasteiger partial charge in [0.25, 0.3) is 0 Å². The maximum Gasteiger partial charge on any atom is 0.230 e. The molecule has 1 aliphatic rings. The maximum atomic E-state index is 12.5. The molecule has 0 unspecified atom stereocenters. The highest BCUT2D eigenvalue weighted by Gasteiger charge is 2.19. The molecule has 1 aliphatic carbocycles. The van der Waals surface area contributed by atoms with Crippen molar-refractivity contribution in [1.82, 2.24) is 20.1 Å². The van der Waals surface area contributed by atoms with Gasteiger partial charge in [-0.2, -0.15) is 0 Å². The summed E-state index contributed by atoms with van der Waals surface area (Å²) in [5, 5.41) is 13.4. The Labute approximate surface area is 186 Å². The van der Waals surface area contributed by atoms with Gasteiger partial charge in [0.1, 0.15) is 5.82 Å². The van der Waals surface area contributed by atoms with Crippen molar-refractivity contribution in [3.63, 3.8) is 0 Å². The van der Waals surface area contributed by atoms with Crippen molar-refractivity contribution in [1.29, 1.82) is 0 Å². The third-order valence-corrected chi connectivity index (χ3v) is 6.47. The molecule has 0 radical (unpaired) electrons. The molecule has 2 aromatic carbocycles. The lowest BCUT2D eigenvalue weighted by Crippen LogP contribution is -2.37. The average Bonchev–Trinajstić information content (AvgIpc) is 3.17. The van der Waals surface area contributed by atoms with Crippen LogP contribution in [0.3, 0.4) is 0 Å². The van der Waals surface area contributed by atoms with Gasteiger partial charge in [0.05, 0.1) is 5.75 Å². The van der Waals surface area contributed by atoms with E-state index in [1.807, 2.05) is 59.2 Å². The summed E-state index contributed by atoms with van der Waals surface area (Å²) in [4.78, 5) is 12.5. The molecule has 7 heteroatoms. The number of thioether (sulfide) groups is 1. The number of para-hydroxylation sites is 1. The summed E-state index contributed by atoms with van der Waals surface area (Å²) in [7, 11) is 0. The van der Waals surface area contributed by atoms with E-state index in [0.717, 1.165) is 35.1 Å². The normalized spacial score (nSPS) is 14.6. The number of halogens is 1. The van der Waals surface area contributed by atoms with Crippen LogP contribution in [0.4, 0.5) is 0 Å². The van der Waals surface area contributed by atoms with Gasteiger partial charge in [-0.1, -0.05) is 73.0 Å². The topological polar surface area (TPSA) is 59.8 Å². The van der Waals surface area contributed by atoms with E-state index in [-0.39, 0.29) is 5.91 Å². The molecule has 0 atom stereocenters. The molecule has 0 aliphatic heterocycles. The van der Waals surface area contributed by atoms with Crippen LogP contribution in [-0.2, 0) is 11.2 Å². The van der Waals surface area contributed by atoms with Crippen LogP contribution < -0.4 is 5.32 Å². The van der Waals surface area contributed by atoms with Gasteiger partial charge in [-0.05, 0) is 42.7 Å². The van der Waals surface area contributed by atoms with E-state index in [4.69, 9.17) is 11.6 Å². The Morgan fingerprint density at radius 3 is 2.50 bits per heavy atom. The molecule has 3 aromatic rings. The van der Waals surface area contributed by atoms with Crippen molar-refractivity contribution in [2.45, 2.75) is 49.7 Å². The minimum absolute atomic E-state index is 0.0637. The van der Waals surface area contributed by atoms with Crippen LogP contribution in [0, 0.1) is 0 Å². The highest BCUT2D eigenvalue weighted by atomic mass is 35.5. The summed E-state index contributed by atoms with van der Waals surface area (Å²) in [6, 6.07) is 18.1. The monoisotopic (exact) mass is 440 g/mol. The van der Waals surface area contributed by atoms with Gasteiger partial charge in [0, 0.05) is 23.2 Å². The first kappa shape index (κ1) is 20.9. The largest absolute Gasteiger partial charge is 0.353 e. The standard InChI is InChI=1S/C23H25ClN4OS/c24-18-13-11-17(12-14-18)15-21-26-27-23(28(21)20-9-5-2-6-10-20)30-16-22(29)25-19-7-3-1-4-8-19/h2,5-6,9-14,19H,1,3-4,7-8,15-16H2,(H,25,29). The molecule has 0 spiro atoms. The fourth-order valence-electron chi connectivity index (χ4n) is 3.78. The van der Waals surface area contributed by atoms with E-state index < -0.39 is 0 Å². The van der Waals surface area contributed by atoms with Gasteiger partial charge in [-0.15, -0.1) is 10.2 Å². The lowest BCUT2D eigenvalue weighted by atomic mass is 9.95. The molecule has 1 N–H and O–H groups in total. The van der Waals surface area contributed by atoms with E-state index in [1.54, 1.807) is 0 Å². The second kappa shape index (κ2) is 10.1. The molecular weight excluding hydrogens is 416 g/mol. The number of carbonyl (C=O) groups excluding carboxylic acids is 1. The van der Waals surface area contributed by atoms with Gasteiger partial charge < -0.3 is 5.32 Å². The summed E-state index contributed by atoms with van der Waals surface area (Å²) < 4.78 is 2.03. The number of benzene rings is 2. The first-order valence-corrected chi connectivity index (χ1v) is 11.7. The number of rotatable bonds is 7. The fraction of sp³-hybridized carbons (Fsp3) is 0.348. The van der Waals surface area contributed by atoms with Crippen LogP contribution in [0.5, 0.6) is 0 Å². The fourth-order valence-corrected chi connectivity index (χ4v) is 4.68. The van der Waals surface area contributed by atoms with Crippen molar-refractivity contribution >= 4 is 29.3 Å². The van der Waals surface area contributed by atoms with Crippen LogP contribution in [0.15, 0.2) is 59.8 Å². The Hall–Kier alpha value is -2.31. The lowest BCUT2D eigenvalue weighted by Gasteiger charge is -2.22. The molecule has 4 rings (SSSR count). The second-order valence-corrected chi connectivity index (χ2v) is 8.94. The molecule has 5 nitrogen and oxygen atoms in total. The van der Waals surface area contributed by atoms with E-state index in [0.29, 0.717) is 23.2 Å². The molecule has 0 bridgehead atoms. The minimum Gasteiger partial charge on any atom is -0.353 e. The van der Waals surface area contributed by atoms with Gasteiger partial charge >= 0.3 is 0 Å². The van der Waals surface area contributed by atoms with Gasteiger partial charge in [-0.25, -0.2) is 0 Å². The van der Waals surface area contributed by atoms with Crippen LogP contribution in [0.2, 0.25) is 5.02 Å². The molecular formula is C23H25ClN4OS. The smallest absolute Gasteiger partial charge is 0.230 e. The zero-order valence-electron chi connectivity index (χ0n) is 16.8. The second-order valence-electron chi connectivity index (χ2n) is 7.56. The summed E-state index contributed by atoms with van der Waals surface area (Å²) >= 11 is 7.44. The highest BCUT2D eigenvalue weighted by molar-refractivity contribution is 7.99. The number of nitrogens with zero attached hydrogens (tertiary/aromatic N) is 3. The Kier molecular flexibility index (Phi) is 7.07. The number of hydrogen-bond donors (Lipinski definition) is 1. The van der Waals surface area contributed by atoms with E-state index in [1.165, 1.54) is 31.0 Å². The molecule has 1 amide bonds. The van der Waals surface area contributed by atoms with Crippen molar-refractivity contribution in [3.05, 3.63) is 71.0 Å². The molecule has 1 heterocycles. The summed E-state index contributed by atoms with van der Waals surface area (Å²) in [5.41, 5.74) is 2.09. The maximum absolute atomic E-state index is 12.5. The number of carbonyl (C=O) groups is 1. The first-order chi connectivity index (χ1) is 14.7. The average molecular weight is 441 g/mol. The van der Waals surface area contributed by atoms with Gasteiger partial charge in [0.2, 0.25) is 5.91 Å². The molecule has 1 saturated carbocycles. The SMILES string of the molecule is O=C(CSc1nnc(Cc2ccc(Cl)cc2)n1-c1ccccc1)NC1CCCCC1. The van der Waals surface area contributed by atoms with Crippen LogP contribution in [0.25, 0.3) is 5.69 Å². The van der Waals surface area contributed by atoms with E-state index in [2.05, 4.69) is 15.5 Å². The summed E-state index contributed by atoms with van der Waals surface area (Å²) in [6.45, 7) is 0. The molecule has 30 heavy (non-hydrogen) atoms. The third-order valence-electron chi connectivity index (χ3n) is 5.29. The predicted molar refractivity (Wildman–Crippen MR) is 121 cm³/mol. The van der Waals surface area contributed by atoms with Crippen molar-refractivity contribution in [2.75, 3.05) is 5.75 Å².